The third kappa shape index (κ3) is 4.03. The van der Waals surface area contributed by atoms with Crippen LogP contribution < -0.4 is 10.2 Å². The molecule has 0 saturated heterocycles. The molecule has 0 radical (unpaired) electrons. The molecule has 1 aliphatic rings. The van der Waals surface area contributed by atoms with Gasteiger partial charge in [-0.3, -0.25) is 4.79 Å². The molecule has 126 valence electrons. The summed E-state index contributed by atoms with van der Waals surface area (Å²) in [6.45, 7) is 10.0. The van der Waals surface area contributed by atoms with Gasteiger partial charge in [-0.25, -0.2) is 4.79 Å². The largest absolute Gasteiger partial charge is 0.444 e. The van der Waals surface area contributed by atoms with Crippen molar-refractivity contribution in [3.05, 3.63) is 29.3 Å². The number of hydrogen-bond donors (Lipinski definition) is 1. The molecule has 0 unspecified atom stereocenters. The van der Waals surface area contributed by atoms with Gasteiger partial charge in [0.25, 0.3) is 0 Å². The van der Waals surface area contributed by atoms with Gasteiger partial charge in [0.2, 0.25) is 5.91 Å². The Balaban J connectivity index is 2.10. The molecule has 1 aliphatic heterocycles. The summed E-state index contributed by atoms with van der Waals surface area (Å²) in [7, 11) is 0. The Hall–Kier alpha value is -2.04. The van der Waals surface area contributed by atoms with Crippen molar-refractivity contribution in [3.63, 3.8) is 0 Å². The number of anilines is 1. The van der Waals surface area contributed by atoms with Crippen molar-refractivity contribution in [3.8, 4) is 0 Å². The lowest BCUT2D eigenvalue weighted by Crippen LogP contribution is -2.49. The topological polar surface area (TPSA) is 58.6 Å². The standard InChI is InChI=1S/C18H26N2O3/c1-6-14(19-17(22)23-18(3,4)5)16(21)20-11-10-13-12(2)8-7-9-15(13)20/h7-9,14H,6,10-11H2,1-5H3,(H,19,22)/t14-/m0/s1. The van der Waals surface area contributed by atoms with Crippen LogP contribution in [0.25, 0.3) is 0 Å². The Morgan fingerprint density at radius 3 is 2.65 bits per heavy atom. The van der Waals surface area contributed by atoms with Crippen molar-refractivity contribution in [1.82, 2.24) is 5.32 Å². The number of rotatable bonds is 3. The van der Waals surface area contributed by atoms with E-state index in [0.717, 1.165) is 12.1 Å². The van der Waals surface area contributed by atoms with Crippen LogP contribution in [0.5, 0.6) is 0 Å². The number of nitrogens with one attached hydrogen (secondary N) is 1. The predicted octanol–water partition coefficient (Wildman–Crippen LogP) is 3.19. The highest BCUT2D eigenvalue weighted by Gasteiger charge is 2.31. The second-order valence-corrected chi connectivity index (χ2v) is 6.92. The quantitative estimate of drug-likeness (QED) is 0.931. The van der Waals surface area contributed by atoms with Gasteiger partial charge >= 0.3 is 6.09 Å². The van der Waals surface area contributed by atoms with E-state index in [4.69, 9.17) is 4.74 Å². The molecule has 2 rings (SSSR count). The van der Waals surface area contributed by atoms with Crippen molar-refractivity contribution in [1.29, 1.82) is 0 Å². The molecule has 0 aromatic heterocycles. The van der Waals surface area contributed by atoms with Crippen LogP contribution in [0.15, 0.2) is 18.2 Å². The fraction of sp³-hybridized carbons (Fsp3) is 0.556. The second-order valence-electron chi connectivity index (χ2n) is 6.92. The molecule has 0 saturated carbocycles. The Morgan fingerprint density at radius 2 is 2.04 bits per heavy atom. The van der Waals surface area contributed by atoms with Crippen LogP contribution in [0.3, 0.4) is 0 Å². The zero-order chi connectivity index (χ0) is 17.2. The van der Waals surface area contributed by atoms with Gasteiger partial charge < -0.3 is 15.0 Å². The van der Waals surface area contributed by atoms with Crippen molar-refractivity contribution in [2.45, 2.75) is 59.1 Å². The lowest BCUT2D eigenvalue weighted by molar-refractivity contribution is -0.120. The van der Waals surface area contributed by atoms with Crippen molar-refractivity contribution < 1.29 is 14.3 Å². The number of nitrogens with zero attached hydrogens (tertiary/aromatic N) is 1. The Bertz CT molecular complexity index is 605. The number of fused-ring (bicyclic) bond motifs is 1. The summed E-state index contributed by atoms with van der Waals surface area (Å²) in [6.07, 6.45) is 0.827. The summed E-state index contributed by atoms with van der Waals surface area (Å²) < 4.78 is 5.25. The number of alkyl carbamates (subject to hydrolysis) is 1. The van der Waals surface area contributed by atoms with Gasteiger partial charge in [-0.2, -0.15) is 0 Å². The molecule has 5 nitrogen and oxygen atoms in total. The van der Waals surface area contributed by atoms with Crippen LogP contribution in [0.1, 0.15) is 45.2 Å². The maximum atomic E-state index is 12.8. The number of carbonyl (C=O) groups excluding carboxylic acids is 2. The lowest BCUT2D eigenvalue weighted by Gasteiger charge is -2.26. The van der Waals surface area contributed by atoms with E-state index in [1.165, 1.54) is 11.1 Å². The predicted molar refractivity (Wildman–Crippen MR) is 90.7 cm³/mol. The summed E-state index contributed by atoms with van der Waals surface area (Å²) >= 11 is 0. The van der Waals surface area contributed by atoms with E-state index < -0.39 is 17.7 Å². The van der Waals surface area contributed by atoms with Crippen LogP contribution in [0.2, 0.25) is 0 Å². The van der Waals surface area contributed by atoms with Crippen LogP contribution in [-0.2, 0) is 16.0 Å². The number of hydrogen-bond acceptors (Lipinski definition) is 3. The molecular formula is C18H26N2O3. The van der Waals surface area contributed by atoms with Crippen LogP contribution in [0, 0.1) is 6.92 Å². The monoisotopic (exact) mass is 318 g/mol. The van der Waals surface area contributed by atoms with E-state index >= 15 is 0 Å². The number of benzene rings is 1. The molecule has 2 amide bonds. The third-order valence-electron chi connectivity index (χ3n) is 3.93. The lowest BCUT2D eigenvalue weighted by atomic mass is 10.1. The van der Waals surface area contributed by atoms with E-state index in [-0.39, 0.29) is 5.91 Å². The van der Waals surface area contributed by atoms with Crippen molar-refractivity contribution in [2.75, 3.05) is 11.4 Å². The molecule has 1 aromatic carbocycles. The van der Waals surface area contributed by atoms with Gasteiger partial charge in [0, 0.05) is 12.2 Å². The SMILES string of the molecule is CC[C@H](NC(=O)OC(C)(C)C)C(=O)N1CCc2c(C)cccc21. The normalized spacial score (nSPS) is 15.1. The van der Waals surface area contributed by atoms with Gasteiger partial charge in [0.15, 0.2) is 0 Å². The fourth-order valence-electron chi connectivity index (χ4n) is 2.81. The summed E-state index contributed by atoms with van der Waals surface area (Å²) in [4.78, 5) is 26.5. The van der Waals surface area contributed by atoms with Crippen molar-refractivity contribution >= 4 is 17.7 Å². The minimum atomic E-state index is -0.581. The number of ether oxygens (including phenoxy) is 1. The summed E-state index contributed by atoms with van der Waals surface area (Å²) in [5.74, 6) is -0.0808. The first kappa shape index (κ1) is 17.3. The van der Waals surface area contributed by atoms with E-state index in [0.29, 0.717) is 13.0 Å². The summed E-state index contributed by atoms with van der Waals surface area (Å²) in [5, 5.41) is 2.69. The molecule has 1 heterocycles. The van der Waals surface area contributed by atoms with Gasteiger partial charge in [-0.05, 0) is 57.7 Å². The maximum Gasteiger partial charge on any atom is 0.408 e. The molecule has 0 bridgehead atoms. The van der Waals surface area contributed by atoms with Crippen molar-refractivity contribution in [2.24, 2.45) is 0 Å². The first-order valence-corrected chi connectivity index (χ1v) is 8.12. The zero-order valence-electron chi connectivity index (χ0n) is 14.6. The fourth-order valence-corrected chi connectivity index (χ4v) is 2.81. The highest BCUT2D eigenvalue weighted by Crippen LogP contribution is 2.31. The highest BCUT2D eigenvalue weighted by atomic mass is 16.6. The molecule has 0 aliphatic carbocycles. The molecule has 5 heteroatoms. The van der Waals surface area contributed by atoms with Crippen LogP contribution >= 0.6 is 0 Å². The Kier molecular flexibility index (Phi) is 4.97. The zero-order valence-corrected chi connectivity index (χ0v) is 14.6. The third-order valence-corrected chi connectivity index (χ3v) is 3.93. The minimum Gasteiger partial charge on any atom is -0.444 e. The molecule has 0 spiro atoms. The summed E-state index contributed by atoms with van der Waals surface area (Å²) in [6, 6.07) is 5.41. The number of carbonyl (C=O) groups is 2. The molecular weight excluding hydrogens is 292 g/mol. The molecule has 1 N–H and O–H groups in total. The number of amides is 2. The molecule has 0 fully saturated rings. The molecule has 1 aromatic rings. The smallest absolute Gasteiger partial charge is 0.408 e. The van der Waals surface area contributed by atoms with Gasteiger partial charge in [-0.15, -0.1) is 0 Å². The first-order chi connectivity index (χ1) is 10.7. The van der Waals surface area contributed by atoms with Gasteiger partial charge in [-0.1, -0.05) is 19.1 Å². The van der Waals surface area contributed by atoms with Gasteiger partial charge in [0.05, 0.1) is 0 Å². The Morgan fingerprint density at radius 1 is 1.35 bits per heavy atom. The van der Waals surface area contributed by atoms with Crippen LogP contribution in [-0.4, -0.2) is 30.2 Å². The summed E-state index contributed by atoms with van der Waals surface area (Å²) in [5.41, 5.74) is 2.79. The second kappa shape index (κ2) is 6.60. The number of aryl methyl sites for hydroxylation is 1. The molecule has 23 heavy (non-hydrogen) atoms. The first-order valence-electron chi connectivity index (χ1n) is 8.12. The van der Waals surface area contributed by atoms with Crippen LogP contribution in [0.4, 0.5) is 10.5 Å². The Labute approximate surface area is 138 Å². The maximum absolute atomic E-state index is 12.8. The highest BCUT2D eigenvalue weighted by molar-refractivity contribution is 6.00. The van der Waals surface area contributed by atoms with E-state index in [1.54, 1.807) is 25.7 Å². The van der Waals surface area contributed by atoms with E-state index in [1.807, 2.05) is 19.1 Å². The van der Waals surface area contributed by atoms with E-state index in [2.05, 4.69) is 18.3 Å². The average molecular weight is 318 g/mol. The molecule has 1 atom stereocenters. The average Bonchev–Trinajstić information content (AvgIpc) is 2.87. The van der Waals surface area contributed by atoms with Gasteiger partial charge in [0.1, 0.15) is 11.6 Å². The minimum absolute atomic E-state index is 0.0808. The van der Waals surface area contributed by atoms with E-state index in [9.17, 15) is 9.59 Å².